The molecule has 0 radical (unpaired) electrons. The van der Waals surface area contributed by atoms with Crippen molar-refractivity contribution in [1.82, 2.24) is 50.6 Å². The first kappa shape index (κ1) is 99.8. The number of nitrogen functional groups attached to an aromatic ring is 2. The van der Waals surface area contributed by atoms with Gasteiger partial charge >= 0.3 is 5.97 Å². The van der Waals surface area contributed by atoms with Gasteiger partial charge in [0.25, 0.3) is 23.6 Å². The number of carboxylic acid groups (broad SMARTS) is 1. The van der Waals surface area contributed by atoms with E-state index in [1.807, 2.05) is 78.0 Å². The molecule has 0 aliphatic carbocycles. The third-order valence-electron chi connectivity index (χ3n) is 22.4. The summed E-state index contributed by atoms with van der Waals surface area (Å²) in [4.78, 5) is 147. The van der Waals surface area contributed by atoms with Crippen molar-refractivity contribution < 1.29 is 88.0 Å². The molecule has 32 heteroatoms. The lowest BCUT2D eigenvalue weighted by molar-refractivity contribution is -0.138. The van der Waals surface area contributed by atoms with Crippen molar-refractivity contribution in [3.05, 3.63) is 176 Å². The predicted molar refractivity (Wildman–Crippen MR) is 501 cm³/mol. The monoisotopic (exact) mass is 1840 g/mol. The van der Waals surface area contributed by atoms with Crippen molar-refractivity contribution in [3.8, 4) is 79.9 Å². The van der Waals surface area contributed by atoms with Crippen molar-refractivity contribution in [1.29, 1.82) is 0 Å². The summed E-state index contributed by atoms with van der Waals surface area (Å²) in [5, 5.41) is 38.4. The number of carbonyl (C=O) groups is 10. The van der Waals surface area contributed by atoms with Crippen LogP contribution in [-0.2, 0) is 42.0 Å². The summed E-state index contributed by atoms with van der Waals surface area (Å²) in [6.07, 6.45) is 30.2. The van der Waals surface area contributed by atoms with Crippen LogP contribution in [0.1, 0.15) is 276 Å². The number of fused-ring (bicyclic) bond motifs is 2. The first-order valence-corrected chi connectivity index (χ1v) is 46.3. The van der Waals surface area contributed by atoms with Gasteiger partial charge in [-0.2, -0.15) is 0 Å². The topological polar surface area (TPSA) is 418 Å². The molecule has 14 rings (SSSR count). The van der Waals surface area contributed by atoms with Crippen molar-refractivity contribution >= 4 is 93.4 Å². The highest BCUT2D eigenvalue weighted by Crippen LogP contribution is 2.41. The molecule has 29 nitrogen and oxygen atoms in total. The minimum Gasteiger partial charge on any atom is -0.493 e. The Labute approximate surface area is 779 Å². The molecule has 2 unspecified atom stereocenters. The molecule has 10 heterocycles. The molecule has 4 fully saturated rings. The summed E-state index contributed by atoms with van der Waals surface area (Å²) in [5.41, 5.74) is 16.2. The van der Waals surface area contributed by atoms with Crippen molar-refractivity contribution in [2.45, 2.75) is 237 Å². The van der Waals surface area contributed by atoms with Crippen LogP contribution in [0.15, 0.2) is 122 Å². The number of amides is 9. The van der Waals surface area contributed by atoms with Crippen molar-refractivity contribution in [2.24, 2.45) is 0 Å². The van der Waals surface area contributed by atoms with E-state index in [1.54, 1.807) is 106 Å². The zero-order valence-electron chi connectivity index (χ0n) is 76.3. The Balaban J connectivity index is 0.000000219. The number of imide groups is 4. The highest BCUT2D eigenvalue weighted by atomic mass is 32.1. The van der Waals surface area contributed by atoms with Crippen LogP contribution in [0.2, 0.25) is 0 Å². The molecule has 0 saturated carbocycles. The summed E-state index contributed by atoms with van der Waals surface area (Å²) in [7, 11) is -1.00. The molecule has 10 N–H and O–H groups in total. The highest BCUT2D eigenvalue weighted by molar-refractivity contribution is 7.15. The van der Waals surface area contributed by atoms with Crippen LogP contribution >= 0.6 is 22.7 Å². The van der Waals surface area contributed by atoms with E-state index in [9.17, 15) is 62.5 Å². The number of likely N-dealkylation sites (tertiary alicyclic amines) is 1. The maximum atomic E-state index is 13.3. The minimum atomic E-state index is -1.08. The van der Waals surface area contributed by atoms with Gasteiger partial charge in [-0.1, -0.05) is 124 Å². The number of nitrogens with one attached hydrogen (secondary N) is 3. The molecule has 6 aliphatic heterocycles. The molecule has 4 aromatic heterocycles. The van der Waals surface area contributed by atoms with Crippen molar-refractivity contribution in [2.75, 3.05) is 58.0 Å². The normalized spacial score (nSPS) is 16.1. The number of terminal acetylenes is 1. The second kappa shape index (κ2) is 50.0. The molecule has 4 aromatic carbocycles. The van der Waals surface area contributed by atoms with E-state index in [4.69, 9.17) is 41.9 Å². The number of pyridine rings is 2. The number of aromatic nitrogens is 4. The summed E-state index contributed by atoms with van der Waals surface area (Å²) < 4.78 is 39.3. The smallest absolute Gasteiger partial charge is 0.303 e. The van der Waals surface area contributed by atoms with Crippen LogP contribution in [-0.4, -0.2) is 179 Å². The fourth-order valence-electron chi connectivity index (χ4n) is 15.6. The van der Waals surface area contributed by atoms with Gasteiger partial charge in [0.1, 0.15) is 48.0 Å². The number of ether oxygens (including phenoxy) is 4. The molecule has 4 saturated heterocycles. The molecule has 0 spiro atoms. The standard InChI is InChI=1S/C48H54N6O8S.C25H28N4O2S.C23H28N2O7.C3H4.CH3F/c1-48(2,60)22-19-31-12-10-13-32(26-31)30-62-38-27-34(28-50-43(38)49)39-29-51-45(63-39)33-20-23-53(24-21-33)41(56)16-8-6-4-3-5-7-9-25-61-37-15-11-14-35-42(37)47(59)54(46(35)58)36-17-18-40(55)52-44(36)57;1-25(2,30)9-6-17-4-3-5-18(12-17)16-31-21-13-20(14-28-23(21)26)22-15-29-24(32-22)19-7-10-27-11-8-19;26-18-13-12-16(21(29)24-18)25-22(30)15-9-8-10-17(20(15)23(25)31)32-14-7-5-3-1-2-4-6-11-19(27)28;1-3-2;1-2/h10-15,26-29,33,36,60H,3-9,16-18,20-21,23-25,30H2,1-2H3,(H2,49,50)(H,52,55,57);3-5,12-15,19,27,30H,7-8,10-11,16H2,1-2H3,(H2,26,28);8-10,16H,1-7,11-14H2,(H,27,28)(H,24,26,29);1H,2H3;1H3/i;;;;1D. The van der Waals surface area contributed by atoms with Gasteiger partial charge in [0.15, 0.2) is 23.1 Å². The minimum absolute atomic E-state index is 0.0662. The van der Waals surface area contributed by atoms with Crippen LogP contribution < -0.4 is 46.4 Å². The van der Waals surface area contributed by atoms with E-state index in [2.05, 4.69) is 66.9 Å². The third kappa shape index (κ3) is 29.6. The van der Waals surface area contributed by atoms with E-state index < -0.39 is 83.7 Å². The number of hydrogen-bond acceptors (Lipinski definition) is 25. The van der Waals surface area contributed by atoms with E-state index in [-0.39, 0.29) is 72.8 Å². The van der Waals surface area contributed by atoms with Crippen LogP contribution in [0.4, 0.5) is 16.0 Å². The first-order chi connectivity index (χ1) is 63.9. The van der Waals surface area contributed by atoms with E-state index >= 15 is 0 Å². The lowest BCUT2D eigenvalue weighted by Crippen LogP contribution is -2.54. The Morgan fingerprint density at radius 3 is 1.33 bits per heavy atom. The van der Waals surface area contributed by atoms with Crippen LogP contribution in [0.25, 0.3) is 20.9 Å². The predicted octanol–water partition coefficient (Wildman–Crippen LogP) is 14.6. The van der Waals surface area contributed by atoms with Gasteiger partial charge in [-0.15, -0.1) is 35.0 Å². The number of aliphatic carboxylic acids is 1. The Hall–Kier alpha value is -12.8. The molecular weight excluding hydrogens is 1720 g/mol. The zero-order valence-corrected chi connectivity index (χ0v) is 76.9. The fraction of sp³-hybridized carbons (Fsp3) is 0.440. The molecule has 9 amide bonds. The molecule has 6 aliphatic rings. The summed E-state index contributed by atoms with van der Waals surface area (Å²) >= 11 is 3.36. The van der Waals surface area contributed by atoms with Crippen molar-refractivity contribution in [3.63, 3.8) is 0 Å². The number of piperidine rings is 4. The average molecular weight is 1840 g/mol. The SMILES string of the molecule is C#CC.CC(C)(O)C#Cc1cccc(COc2cc(-c3cnc(C4CCN(C(=O)CCCCCCCCCOc5cccc6c5C(=O)N(C5CCC(=O)NC5=O)C6=O)CC4)s3)cnc2N)c1.CC(C)(O)C#Cc1cccc(COc2cc(-c3cnc(C4CCNCC4)s3)cnc2N)c1.O=C(O)CCCCCCCCCOc1cccc2c1C(=O)N(C1CCC(=O)NC1=O)C2=O.[2H]CF. The number of aliphatic hydroxyl groups is 2. The Morgan fingerprint density at radius 2 is 0.924 bits per heavy atom. The van der Waals surface area contributed by atoms with E-state index in [0.29, 0.717) is 73.2 Å². The number of carbonyl (C=O) groups excluding carboxylic acids is 9. The number of carboxylic acids is 1. The fourth-order valence-corrected chi connectivity index (χ4v) is 17.7. The molecule has 2 atom stereocenters. The number of unbranched alkanes of at least 4 members (excludes halogenated alkanes) is 12. The molecule has 0 bridgehead atoms. The van der Waals surface area contributed by atoms with Crippen LogP contribution in [0.5, 0.6) is 23.0 Å². The second-order valence-electron chi connectivity index (χ2n) is 33.7. The lowest BCUT2D eigenvalue weighted by Gasteiger charge is -2.31. The van der Waals surface area contributed by atoms with Gasteiger partial charge in [0, 0.05) is 97.6 Å². The second-order valence-corrected chi connectivity index (χ2v) is 35.8. The molecule has 8 aromatic rings. The van der Waals surface area contributed by atoms with Gasteiger partial charge < -0.3 is 56.0 Å². The number of thiazole rings is 2. The first-order valence-electron chi connectivity index (χ1n) is 45.4. The molecule has 698 valence electrons. The van der Waals surface area contributed by atoms with E-state index in [0.717, 1.165) is 193 Å². The van der Waals surface area contributed by atoms with Gasteiger partial charge in [-0.25, -0.2) is 19.9 Å². The highest BCUT2D eigenvalue weighted by Gasteiger charge is 2.48. The number of halogens is 1. The number of hydrogen-bond donors (Lipinski definition) is 8. The number of alkyl halides is 1. The summed E-state index contributed by atoms with van der Waals surface area (Å²) in [6.45, 7) is 13.2. The third-order valence-corrected chi connectivity index (χ3v) is 24.8. The molecular formula is C100H117FN12O17S2. The average Bonchev–Trinajstić information content (AvgIpc) is 1.61. The maximum Gasteiger partial charge on any atom is 0.303 e. The van der Waals surface area contributed by atoms with Gasteiger partial charge in [0.2, 0.25) is 29.5 Å². The maximum absolute atomic E-state index is 13.3. The Morgan fingerprint density at radius 1 is 0.530 bits per heavy atom. The number of rotatable bonds is 34. The van der Waals surface area contributed by atoms with E-state index in [1.165, 1.54) is 5.01 Å². The quantitative estimate of drug-likeness (QED) is 0.0105. The Bertz CT molecular complexity index is 5590. The summed E-state index contributed by atoms with van der Waals surface area (Å²) in [6, 6.07) is 26.9. The lowest BCUT2D eigenvalue weighted by atomic mass is 9.97. The number of benzene rings is 4. The van der Waals surface area contributed by atoms with Gasteiger partial charge in [-0.05, 0) is 184 Å². The Kier molecular flexibility index (Phi) is 37.8. The number of nitrogens with two attached hydrogens (primary N) is 2. The number of anilines is 2. The molecule has 132 heavy (non-hydrogen) atoms. The number of nitrogens with zero attached hydrogens (tertiary/aromatic N) is 7. The van der Waals surface area contributed by atoms with Crippen LogP contribution in [0.3, 0.4) is 0 Å². The van der Waals surface area contributed by atoms with Crippen LogP contribution in [0, 0.1) is 36.0 Å². The summed E-state index contributed by atoms with van der Waals surface area (Å²) in [5.74, 6) is 12.2. The zero-order chi connectivity index (χ0) is 95.6. The van der Waals surface area contributed by atoms with Gasteiger partial charge in [0.05, 0.1) is 63.8 Å². The van der Waals surface area contributed by atoms with Gasteiger partial charge in [-0.3, -0.25) is 72.8 Å². The largest absolute Gasteiger partial charge is 0.493 e.